The van der Waals surface area contributed by atoms with Crippen molar-refractivity contribution in [2.45, 2.75) is 6.54 Å². The highest BCUT2D eigenvalue weighted by Gasteiger charge is 2.17. The fourth-order valence-electron chi connectivity index (χ4n) is 3.49. The number of nitrogens with one attached hydrogen (secondary N) is 1. The summed E-state index contributed by atoms with van der Waals surface area (Å²) in [5.41, 5.74) is 4.72. The maximum atomic E-state index is 12.8. The van der Waals surface area contributed by atoms with Crippen LogP contribution in [0.2, 0.25) is 0 Å². The number of benzene rings is 3. The molecule has 0 bridgehead atoms. The predicted molar refractivity (Wildman–Crippen MR) is 130 cm³/mol. The standard InChI is InChI=1S/C26H19BrN4O2/c27-21-13-11-18(12-14-21)24-15-23(30-33-24)26(32)28-16-20-17-31(22-9-5-2-6-10-22)29-25(20)19-7-3-1-4-8-19/h1-15,17H,16H2,(H,28,32). The van der Waals surface area contributed by atoms with Crippen LogP contribution in [0, 0.1) is 0 Å². The van der Waals surface area contributed by atoms with E-state index in [1.54, 1.807) is 6.07 Å². The minimum atomic E-state index is -0.311. The predicted octanol–water partition coefficient (Wildman–Crippen LogP) is 5.89. The number of halogens is 1. The van der Waals surface area contributed by atoms with Gasteiger partial charge in [-0.2, -0.15) is 5.10 Å². The van der Waals surface area contributed by atoms with E-state index in [4.69, 9.17) is 9.62 Å². The smallest absolute Gasteiger partial charge is 0.273 e. The lowest BCUT2D eigenvalue weighted by molar-refractivity contribution is 0.0942. The molecule has 0 atom stereocenters. The Morgan fingerprint density at radius 1 is 0.909 bits per heavy atom. The summed E-state index contributed by atoms with van der Waals surface area (Å²) in [7, 11) is 0. The Kier molecular flexibility index (Phi) is 5.87. The number of hydrogen-bond donors (Lipinski definition) is 1. The van der Waals surface area contributed by atoms with Gasteiger partial charge >= 0.3 is 0 Å². The fourth-order valence-corrected chi connectivity index (χ4v) is 3.75. The van der Waals surface area contributed by atoms with E-state index in [-0.39, 0.29) is 11.6 Å². The van der Waals surface area contributed by atoms with E-state index in [2.05, 4.69) is 26.4 Å². The molecule has 2 aromatic heterocycles. The van der Waals surface area contributed by atoms with Crippen LogP contribution in [0.1, 0.15) is 16.1 Å². The van der Waals surface area contributed by atoms with E-state index in [0.717, 1.165) is 32.5 Å². The van der Waals surface area contributed by atoms with E-state index in [0.29, 0.717) is 12.3 Å². The molecule has 0 aliphatic heterocycles. The number of carbonyl (C=O) groups excluding carboxylic acids is 1. The van der Waals surface area contributed by atoms with Crippen molar-refractivity contribution in [2.24, 2.45) is 0 Å². The van der Waals surface area contributed by atoms with E-state index in [1.165, 1.54) is 0 Å². The maximum Gasteiger partial charge on any atom is 0.273 e. The lowest BCUT2D eigenvalue weighted by Crippen LogP contribution is -2.23. The summed E-state index contributed by atoms with van der Waals surface area (Å²) in [6.45, 7) is 0.302. The Hall–Kier alpha value is -3.97. The minimum absolute atomic E-state index is 0.227. The lowest BCUT2D eigenvalue weighted by atomic mass is 10.1. The molecule has 1 amide bonds. The lowest BCUT2D eigenvalue weighted by Gasteiger charge is -2.03. The molecule has 0 fully saturated rings. The minimum Gasteiger partial charge on any atom is -0.355 e. The van der Waals surface area contributed by atoms with Crippen LogP contribution in [-0.2, 0) is 6.54 Å². The fraction of sp³-hybridized carbons (Fsp3) is 0.0385. The summed E-state index contributed by atoms with van der Waals surface area (Å²) >= 11 is 3.41. The molecule has 5 rings (SSSR count). The Labute approximate surface area is 199 Å². The van der Waals surface area contributed by atoms with Gasteiger partial charge < -0.3 is 9.84 Å². The van der Waals surface area contributed by atoms with Gasteiger partial charge in [0.2, 0.25) is 0 Å². The van der Waals surface area contributed by atoms with Crippen LogP contribution in [0.15, 0.2) is 106 Å². The highest BCUT2D eigenvalue weighted by atomic mass is 79.9. The van der Waals surface area contributed by atoms with Crippen molar-refractivity contribution in [1.29, 1.82) is 0 Å². The summed E-state index contributed by atoms with van der Waals surface area (Å²) in [6.07, 6.45) is 1.94. The summed E-state index contributed by atoms with van der Waals surface area (Å²) in [5.74, 6) is 0.225. The SMILES string of the molecule is O=C(NCc1cn(-c2ccccc2)nc1-c1ccccc1)c1cc(-c2ccc(Br)cc2)on1. The molecule has 3 aromatic carbocycles. The van der Waals surface area contributed by atoms with Crippen LogP contribution in [-0.4, -0.2) is 20.8 Å². The number of rotatable bonds is 6. The van der Waals surface area contributed by atoms with Gasteiger partial charge in [-0.25, -0.2) is 4.68 Å². The van der Waals surface area contributed by atoms with Crippen molar-refractivity contribution in [1.82, 2.24) is 20.3 Å². The van der Waals surface area contributed by atoms with Gasteiger partial charge in [0.1, 0.15) is 0 Å². The Balaban J connectivity index is 1.37. The van der Waals surface area contributed by atoms with Crippen LogP contribution in [0.5, 0.6) is 0 Å². The molecule has 0 saturated carbocycles. The molecule has 0 aliphatic rings. The first-order chi connectivity index (χ1) is 16.2. The van der Waals surface area contributed by atoms with Gasteiger partial charge in [0.25, 0.3) is 5.91 Å². The zero-order valence-corrected chi connectivity index (χ0v) is 19.1. The topological polar surface area (TPSA) is 73.0 Å². The third-order valence-corrected chi connectivity index (χ3v) is 5.70. The highest BCUT2D eigenvalue weighted by molar-refractivity contribution is 9.10. The van der Waals surface area contributed by atoms with Crippen molar-refractivity contribution in [2.75, 3.05) is 0 Å². The number of carbonyl (C=O) groups is 1. The first kappa shape index (κ1) is 20.9. The molecule has 2 heterocycles. The summed E-state index contributed by atoms with van der Waals surface area (Å²) in [4.78, 5) is 12.8. The number of amides is 1. The second-order valence-corrected chi connectivity index (χ2v) is 8.33. The average Bonchev–Trinajstić information content (AvgIpc) is 3.52. The second kappa shape index (κ2) is 9.26. The van der Waals surface area contributed by atoms with E-state index < -0.39 is 0 Å². The zero-order valence-electron chi connectivity index (χ0n) is 17.5. The highest BCUT2D eigenvalue weighted by Crippen LogP contribution is 2.25. The molecule has 0 aliphatic carbocycles. The average molecular weight is 499 g/mol. The molecule has 5 aromatic rings. The molecule has 162 valence electrons. The van der Waals surface area contributed by atoms with Gasteiger partial charge in [-0.1, -0.05) is 81.8 Å². The van der Waals surface area contributed by atoms with E-state index in [1.807, 2.05) is 95.8 Å². The van der Waals surface area contributed by atoms with Crippen LogP contribution in [0.25, 0.3) is 28.3 Å². The largest absolute Gasteiger partial charge is 0.355 e. The van der Waals surface area contributed by atoms with Gasteiger partial charge in [-0.15, -0.1) is 0 Å². The molecule has 6 nitrogen and oxygen atoms in total. The van der Waals surface area contributed by atoms with Crippen molar-refractivity contribution in [3.63, 3.8) is 0 Å². The van der Waals surface area contributed by atoms with Crippen LogP contribution < -0.4 is 5.32 Å². The summed E-state index contributed by atoms with van der Waals surface area (Å²) in [6, 6.07) is 29.1. The normalized spacial score (nSPS) is 10.8. The van der Waals surface area contributed by atoms with Gasteiger partial charge in [-0.3, -0.25) is 4.79 Å². The second-order valence-electron chi connectivity index (χ2n) is 7.42. The first-order valence-electron chi connectivity index (χ1n) is 10.4. The summed E-state index contributed by atoms with van der Waals surface area (Å²) < 4.78 is 8.17. The van der Waals surface area contributed by atoms with Gasteiger partial charge in [0.15, 0.2) is 11.5 Å². The van der Waals surface area contributed by atoms with Crippen LogP contribution in [0.3, 0.4) is 0 Å². The molecule has 33 heavy (non-hydrogen) atoms. The van der Waals surface area contributed by atoms with Crippen LogP contribution >= 0.6 is 15.9 Å². The van der Waals surface area contributed by atoms with Gasteiger partial charge in [0, 0.05) is 40.0 Å². The van der Waals surface area contributed by atoms with Crippen molar-refractivity contribution in [3.05, 3.63) is 113 Å². The molecule has 0 unspecified atom stereocenters. The van der Waals surface area contributed by atoms with Crippen molar-refractivity contribution in [3.8, 4) is 28.3 Å². The molecule has 0 radical (unpaired) electrons. The number of para-hydroxylation sites is 1. The first-order valence-corrected chi connectivity index (χ1v) is 11.2. The van der Waals surface area contributed by atoms with Gasteiger partial charge in [-0.05, 0) is 24.3 Å². The molecular formula is C26H19BrN4O2. The third kappa shape index (κ3) is 4.63. The Bertz CT molecular complexity index is 1380. The van der Waals surface area contributed by atoms with E-state index >= 15 is 0 Å². The third-order valence-electron chi connectivity index (χ3n) is 5.17. The molecule has 1 N–H and O–H groups in total. The Morgan fingerprint density at radius 2 is 1.61 bits per heavy atom. The molecule has 0 saturated heterocycles. The number of hydrogen-bond acceptors (Lipinski definition) is 4. The quantitative estimate of drug-likeness (QED) is 0.317. The van der Waals surface area contributed by atoms with Crippen molar-refractivity contribution < 1.29 is 9.32 Å². The van der Waals surface area contributed by atoms with Crippen LogP contribution in [0.4, 0.5) is 0 Å². The van der Waals surface area contributed by atoms with Crippen molar-refractivity contribution >= 4 is 21.8 Å². The zero-order chi connectivity index (χ0) is 22.6. The molecule has 0 spiro atoms. The van der Waals surface area contributed by atoms with E-state index in [9.17, 15) is 4.79 Å². The van der Waals surface area contributed by atoms with Gasteiger partial charge in [0.05, 0.1) is 11.4 Å². The maximum absolute atomic E-state index is 12.8. The monoisotopic (exact) mass is 498 g/mol. The Morgan fingerprint density at radius 3 is 2.33 bits per heavy atom. The molecular weight excluding hydrogens is 480 g/mol. The number of aromatic nitrogens is 3. The molecule has 7 heteroatoms. The summed E-state index contributed by atoms with van der Waals surface area (Å²) in [5, 5.41) is 11.7. The number of nitrogens with zero attached hydrogens (tertiary/aromatic N) is 3.